The lowest BCUT2D eigenvalue weighted by atomic mass is 10.3. The molecule has 3 rings (SSSR count). The Morgan fingerprint density at radius 3 is 2.68 bits per heavy atom. The predicted molar refractivity (Wildman–Crippen MR) is 71.4 cm³/mol. The van der Waals surface area contributed by atoms with Crippen molar-refractivity contribution >= 4 is 17.0 Å². The van der Waals surface area contributed by atoms with Crippen molar-refractivity contribution in [2.24, 2.45) is 0 Å². The largest absolute Gasteiger partial charge is 0.347 e. The van der Waals surface area contributed by atoms with Crippen LogP contribution in [0.5, 0.6) is 0 Å². The van der Waals surface area contributed by atoms with Crippen molar-refractivity contribution in [3.8, 4) is 0 Å². The fraction of sp³-hybridized carbons (Fsp3) is 0.154. The Labute approximate surface area is 110 Å². The minimum Gasteiger partial charge on any atom is -0.347 e. The van der Waals surface area contributed by atoms with Gasteiger partial charge in [-0.1, -0.05) is 12.1 Å². The molecule has 2 heterocycles. The van der Waals surface area contributed by atoms with Gasteiger partial charge < -0.3 is 5.32 Å². The molecule has 94 valence electrons. The van der Waals surface area contributed by atoms with Gasteiger partial charge in [0.25, 0.3) is 0 Å². The topological polar surface area (TPSA) is 76.5 Å². The third kappa shape index (κ3) is 2.62. The van der Waals surface area contributed by atoms with E-state index in [4.69, 9.17) is 0 Å². The van der Waals surface area contributed by atoms with Crippen molar-refractivity contribution in [2.75, 3.05) is 5.32 Å². The van der Waals surface area contributed by atoms with Crippen LogP contribution in [0.1, 0.15) is 11.5 Å². The molecule has 6 nitrogen and oxygen atoms in total. The van der Waals surface area contributed by atoms with E-state index in [9.17, 15) is 0 Å². The molecule has 0 atom stereocenters. The highest BCUT2D eigenvalue weighted by Crippen LogP contribution is 2.09. The zero-order valence-electron chi connectivity index (χ0n) is 10.4. The first-order valence-electron chi connectivity index (χ1n) is 5.93. The summed E-state index contributed by atoms with van der Waals surface area (Å²) in [6.45, 7) is 2.40. The number of para-hydroxylation sites is 1. The first kappa shape index (κ1) is 11.5. The zero-order valence-corrected chi connectivity index (χ0v) is 10.4. The summed E-state index contributed by atoms with van der Waals surface area (Å²) in [7, 11) is 0. The normalized spacial score (nSPS) is 10.6. The third-order valence-corrected chi connectivity index (χ3v) is 2.62. The lowest BCUT2D eigenvalue weighted by Gasteiger charge is -2.04. The first-order valence-corrected chi connectivity index (χ1v) is 5.93. The number of hydrogen-bond donors (Lipinski definition) is 1. The molecule has 3 aromatic rings. The molecule has 0 aliphatic heterocycles. The average Bonchev–Trinajstić information content (AvgIpc) is 2.45. The summed E-state index contributed by atoms with van der Waals surface area (Å²) in [6, 6.07) is 9.48. The number of aryl methyl sites for hydroxylation is 1. The summed E-state index contributed by atoms with van der Waals surface area (Å²) in [5.74, 6) is 1.24. The average molecular weight is 252 g/mol. The second-order valence-corrected chi connectivity index (χ2v) is 4.07. The van der Waals surface area contributed by atoms with E-state index in [1.165, 1.54) is 0 Å². The number of nitrogens with zero attached hydrogens (tertiary/aromatic N) is 5. The van der Waals surface area contributed by atoms with Crippen LogP contribution in [0, 0.1) is 6.92 Å². The molecule has 0 aliphatic carbocycles. The van der Waals surface area contributed by atoms with Gasteiger partial charge in [0.05, 0.1) is 17.8 Å². The molecule has 0 spiro atoms. The van der Waals surface area contributed by atoms with Crippen LogP contribution >= 0.6 is 0 Å². The van der Waals surface area contributed by atoms with Crippen molar-refractivity contribution in [1.82, 2.24) is 25.1 Å². The molecule has 0 aliphatic rings. The monoisotopic (exact) mass is 252 g/mol. The first-order chi connectivity index (χ1) is 9.31. The Morgan fingerprint density at radius 2 is 1.84 bits per heavy atom. The van der Waals surface area contributed by atoms with Gasteiger partial charge in [-0.2, -0.15) is 0 Å². The number of rotatable bonds is 3. The van der Waals surface area contributed by atoms with Crippen LogP contribution in [0.25, 0.3) is 11.0 Å². The van der Waals surface area contributed by atoms with E-state index in [0.29, 0.717) is 12.5 Å². The molecule has 6 heteroatoms. The Hall–Kier alpha value is -2.63. The van der Waals surface area contributed by atoms with Crippen LogP contribution in [0.3, 0.4) is 0 Å². The van der Waals surface area contributed by atoms with Crippen molar-refractivity contribution in [1.29, 1.82) is 0 Å². The zero-order chi connectivity index (χ0) is 13.1. The van der Waals surface area contributed by atoms with Crippen LogP contribution in [-0.4, -0.2) is 25.1 Å². The summed E-state index contributed by atoms with van der Waals surface area (Å²) in [4.78, 5) is 12.7. The molecule has 0 amide bonds. The molecule has 0 saturated heterocycles. The minimum atomic E-state index is 0.495. The number of aromatic nitrogens is 5. The molecule has 1 aromatic carbocycles. The molecule has 19 heavy (non-hydrogen) atoms. The Bertz CT molecular complexity index is 712. The van der Waals surface area contributed by atoms with Gasteiger partial charge in [0, 0.05) is 6.20 Å². The van der Waals surface area contributed by atoms with Gasteiger partial charge in [0.2, 0.25) is 5.95 Å². The van der Waals surface area contributed by atoms with Gasteiger partial charge in [0.15, 0.2) is 0 Å². The van der Waals surface area contributed by atoms with E-state index in [1.54, 1.807) is 6.20 Å². The van der Waals surface area contributed by atoms with Gasteiger partial charge in [0.1, 0.15) is 11.3 Å². The number of benzene rings is 1. The summed E-state index contributed by atoms with van der Waals surface area (Å²) in [6.07, 6.45) is 1.73. The fourth-order valence-electron chi connectivity index (χ4n) is 1.73. The second-order valence-electron chi connectivity index (χ2n) is 4.07. The maximum atomic E-state index is 4.38. The van der Waals surface area contributed by atoms with Crippen LogP contribution in [0.15, 0.2) is 36.5 Å². The van der Waals surface area contributed by atoms with Crippen molar-refractivity contribution in [2.45, 2.75) is 13.5 Å². The molecular weight excluding hydrogens is 240 g/mol. The van der Waals surface area contributed by atoms with E-state index >= 15 is 0 Å². The maximum absolute atomic E-state index is 4.38. The quantitative estimate of drug-likeness (QED) is 0.765. The highest BCUT2D eigenvalue weighted by molar-refractivity contribution is 5.73. The molecule has 0 fully saturated rings. The summed E-state index contributed by atoms with van der Waals surface area (Å²) in [5.41, 5.74) is 2.49. The van der Waals surface area contributed by atoms with Gasteiger partial charge >= 0.3 is 0 Å². The highest BCUT2D eigenvalue weighted by Gasteiger charge is 2.01. The van der Waals surface area contributed by atoms with Gasteiger partial charge in [-0.05, 0) is 25.1 Å². The smallest absolute Gasteiger partial charge is 0.243 e. The van der Waals surface area contributed by atoms with Crippen molar-refractivity contribution in [3.05, 3.63) is 48.0 Å². The van der Waals surface area contributed by atoms with Gasteiger partial charge in [-0.25, -0.2) is 15.0 Å². The van der Waals surface area contributed by atoms with E-state index < -0.39 is 0 Å². The molecule has 1 N–H and O–H groups in total. The van der Waals surface area contributed by atoms with Crippen molar-refractivity contribution < 1.29 is 0 Å². The lowest BCUT2D eigenvalue weighted by Crippen LogP contribution is -2.07. The van der Waals surface area contributed by atoms with Crippen LogP contribution in [0.4, 0.5) is 5.95 Å². The molecule has 2 aromatic heterocycles. The number of anilines is 1. The number of nitrogens with one attached hydrogen (secondary N) is 1. The molecule has 0 bridgehead atoms. The molecule has 0 unspecified atom stereocenters. The number of hydrogen-bond acceptors (Lipinski definition) is 6. The van der Waals surface area contributed by atoms with E-state index in [-0.39, 0.29) is 0 Å². The molecule has 0 saturated carbocycles. The third-order valence-electron chi connectivity index (χ3n) is 2.62. The minimum absolute atomic E-state index is 0.495. The van der Waals surface area contributed by atoms with Crippen LogP contribution in [-0.2, 0) is 6.54 Å². The highest BCUT2D eigenvalue weighted by atomic mass is 15.2. The summed E-state index contributed by atoms with van der Waals surface area (Å²) >= 11 is 0. The Balaban J connectivity index is 1.78. The van der Waals surface area contributed by atoms with E-state index in [0.717, 1.165) is 22.6 Å². The van der Waals surface area contributed by atoms with Gasteiger partial charge in [-0.3, -0.25) is 0 Å². The SMILES string of the molecule is Cc1nccc(CNc2nnc3ccccc3n2)n1. The number of fused-ring (bicyclic) bond motifs is 1. The fourth-order valence-corrected chi connectivity index (χ4v) is 1.73. The summed E-state index contributed by atoms with van der Waals surface area (Å²) in [5, 5.41) is 11.2. The van der Waals surface area contributed by atoms with Crippen LogP contribution in [0.2, 0.25) is 0 Å². The second kappa shape index (κ2) is 4.93. The van der Waals surface area contributed by atoms with Gasteiger partial charge in [-0.15, -0.1) is 10.2 Å². The standard InChI is InChI=1S/C13H12N6/c1-9-14-7-6-10(16-9)8-15-13-17-11-4-2-3-5-12(11)18-19-13/h2-7H,8H2,1H3,(H,15,17,19). The molecule has 0 radical (unpaired) electrons. The summed E-state index contributed by atoms with van der Waals surface area (Å²) < 4.78 is 0. The van der Waals surface area contributed by atoms with Crippen LogP contribution < -0.4 is 5.32 Å². The van der Waals surface area contributed by atoms with Crippen molar-refractivity contribution in [3.63, 3.8) is 0 Å². The lowest BCUT2D eigenvalue weighted by molar-refractivity contribution is 0.926. The van der Waals surface area contributed by atoms with E-state index in [2.05, 4.69) is 30.5 Å². The maximum Gasteiger partial charge on any atom is 0.243 e. The Kier molecular flexibility index (Phi) is 2.97. The Morgan fingerprint density at radius 1 is 1.00 bits per heavy atom. The predicted octanol–water partition coefficient (Wildman–Crippen LogP) is 1.74. The van der Waals surface area contributed by atoms with E-state index in [1.807, 2.05) is 37.3 Å². The molecular formula is C13H12N6.